The fraction of sp³-hybridized carbons (Fsp3) is 0.800. The summed E-state index contributed by atoms with van der Waals surface area (Å²) in [7, 11) is 0. The Morgan fingerprint density at radius 3 is 2.62 bits per heavy atom. The molecule has 1 aliphatic heterocycles. The van der Waals surface area contributed by atoms with Gasteiger partial charge in [0.1, 0.15) is 17.4 Å². The topological polar surface area (TPSA) is 65.1 Å². The number of amides is 1. The van der Waals surface area contributed by atoms with Crippen LogP contribution in [0.25, 0.3) is 0 Å². The normalized spacial score (nSPS) is 20.1. The van der Waals surface area contributed by atoms with Crippen LogP contribution in [0.2, 0.25) is 0 Å². The standard InChI is InChI=1S/C20H33NO5/c1-7-8-9-10-11-12-13-17(24-15-22)16-14-25-20(5,6)21(16)18(23)26-19(2,3)4/h15-17H,7-11,14H2,1-6H3/t16-,17?/m0/s1. The van der Waals surface area contributed by atoms with Gasteiger partial charge < -0.3 is 14.2 Å². The fourth-order valence-electron chi connectivity index (χ4n) is 2.82. The number of rotatable bonds is 7. The Balaban J connectivity index is 2.88. The summed E-state index contributed by atoms with van der Waals surface area (Å²) >= 11 is 0. The Labute approximate surface area is 157 Å². The average Bonchev–Trinajstić information content (AvgIpc) is 2.83. The molecule has 148 valence electrons. The summed E-state index contributed by atoms with van der Waals surface area (Å²) < 4.78 is 16.4. The molecule has 0 aromatic heterocycles. The monoisotopic (exact) mass is 367 g/mol. The SMILES string of the molecule is CCCCCCC#CC(OC=O)[C@@H]1COC(C)(C)N1C(=O)OC(C)(C)C. The lowest BCUT2D eigenvalue weighted by Crippen LogP contribution is -2.53. The van der Waals surface area contributed by atoms with E-state index in [1.165, 1.54) is 17.7 Å². The molecule has 1 rings (SSSR count). The third-order valence-electron chi connectivity index (χ3n) is 4.06. The number of ether oxygens (including phenoxy) is 3. The van der Waals surface area contributed by atoms with E-state index >= 15 is 0 Å². The van der Waals surface area contributed by atoms with Crippen LogP contribution >= 0.6 is 0 Å². The zero-order valence-electron chi connectivity index (χ0n) is 17.0. The lowest BCUT2D eigenvalue weighted by atomic mass is 10.1. The third-order valence-corrected chi connectivity index (χ3v) is 4.06. The first kappa shape index (κ1) is 22.3. The molecule has 6 nitrogen and oxygen atoms in total. The molecule has 0 N–H and O–H groups in total. The molecule has 1 amide bonds. The maximum absolute atomic E-state index is 12.7. The molecule has 26 heavy (non-hydrogen) atoms. The van der Waals surface area contributed by atoms with Crippen molar-refractivity contribution in [2.45, 2.75) is 97.1 Å². The van der Waals surface area contributed by atoms with Gasteiger partial charge in [-0.1, -0.05) is 38.0 Å². The van der Waals surface area contributed by atoms with Crippen molar-refractivity contribution < 1.29 is 23.8 Å². The van der Waals surface area contributed by atoms with Crippen LogP contribution in [-0.4, -0.2) is 47.5 Å². The summed E-state index contributed by atoms with van der Waals surface area (Å²) in [6.07, 6.45) is 3.99. The predicted molar refractivity (Wildman–Crippen MR) is 99.4 cm³/mol. The van der Waals surface area contributed by atoms with Gasteiger partial charge in [0.05, 0.1) is 6.61 Å². The van der Waals surface area contributed by atoms with Gasteiger partial charge in [0.2, 0.25) is 0 Å². The van der Waals surface area contributed by atoms with Crippen LogP contribution in [0.3, 0.4) is 0 Å². The molecule has 1 aliphatic rings. The summed E-state index contributed by atoms with van der Waals surface area (Å²) in [6, 6.07) is -0.506. The molecule has 0 aromatic rings. The number of carbonyl (C=O) groups excluding carboxylic acids is 2. The van der Waals surface area contributed by atoms with Crippen molar-refractivity contribution in [2.75, 3.05) is 6.61 Å². The maximum Gasteiger partial charge on any atom is 0.413 e. The summed E-state index contributed by atoms with van der Waals surface area (Å²) in [5.41, 5.74) is -1.49. The van der Waals surface area contributed by atoms with Crippen molar-refractivity contribution in [1.82, 2.24) is 4.90 Å². The summed E-state index contributed by atoms with van der Waals surface area (Å²) in [6.45, 7) is 11.7. The van der Waals surface area contributed by atoms with Gasteiger partial charge in [-0.15, -0.1) is 0 Å². The molecular formula is C20H33NO5. The van der Waals surface area contributed by atoms with E-state index in [1.54, 1.807) is 34.6 Å². The number of hydrogen-bond acceptors (Lipinski definition) is 5. The van der Waals surface area contributed by atoms with Crippen LogP contribution in [0.15, 0.2) is 0 Å². The highest BCUT2D eigenvalue weighted by atomic mass is 16.6. The molecule has 1 heterocycles. The van der Waals surface area contributed by atoms with Gasteiger partial charge in [0.15, 0.2) is 6.10 Å². The molecule has 0 spiro atoms. The number of hydrogen-bond donors (Lipinski definition) is 0. The lowest BCUT2D eigenvalue weighted by molar-refractivity contribution is -0.134. The summed E-state index contributed by atoms with van der Waals surface area (Å²) in [4.78, 5) is 25.1. The van der Waals surface area contributed by atoms with E-state index in [1.807, 2.05) is 0 Å². The second kappa shape index (κ2) is 9.82. The van der Waals surface area contributed by atoms with Crippen LogP contribution in [-0.2, 0) is 19.0 Å². The first-order valence-corrected chi connectivity index (χ1v) is 9.36. The molecular weight excluding hydrogens is 334 g/mol. The molecule has 0 bridgehead atoms. The number of carbonyl (C=O) groups is 2. The second-order valence-corrected chi connectivity index (χ2v) is 7.96. The maximum atomic E-state index is 12.7. The van der Waals surface area contributed by atoms with Gasteiger partial charge in [-0.05, 0) is 41.0 Å². The second-order valence-electron chi connectivity index (χ2n) is 7.96. The van der Waals surface area contributed by atoms with E-state index in [0.29, 0.717) is 6.47 Å². The summed E-state index contributed by atoms with van der Waals surface area (Å²) in [5.74, 6) is 6.07. The van der Waals surface area contributed by atoms with E-state index in [4.69, 9.17) is 14.2 Å². The zero-order chi connectivity index (χ0) is 19.8. The van der Waals surface area contributed by atoms with Gasteiger partial charge >= 0.3 is 6.09 Å². The Bertz CT molecular complexity index is 527. The highest BCUT2D eigenvalue weighted by Crippen LogP contribution is 2.31. The van der Waals surface area contributed by atoms with Gasteiger partial charge in [-0.2, -0.15) is 0 Å². The van der Waals surface area contributed by atoms with E-state index in [9.17, 15) is 9.59 Å². The quantitative estimate of drug-likeness (QED) is 0.388. The van der Waals surface area contributed by atoms with E-state index in [2.05, 4.69) is 18.8 Å². The van der Waals surface area contributed by atoms with Crippen molar-refractivity contribution in [1.29, 1.82) is 0 Å². The first-order valence-electron chi connectivity index (χ1n) is 9.36. The zero-order valence-corrected chi connectivity index (χ0v) is 17.0. The molecule has 0 saturated carbocycles. The van der Waals surface area contributed by atoms with Crippen LogP contribution in [0.1, 0.15) is 73.6 Å². The Hall–Kier alpha value is -1.74. The first-order chi connectivity index (χ1) is 12.1. The predicted octanol–water partition coefficient (Wildman–Crippen LogP) is 3.87. The molecule has 0 aliphatic carbocycles. The van der Waals surface area contributed by atoms with Crippen molar-refractivity contribution in [2.24, 2.45) is 0 Å². The largest absolute Gasteiger partial charge is 0.449 e. The Morgan fingerprint density at radius 1 is 1.35 bits per heavy atom. The minimum atomic E-state index is -0.861. The van der Waals surface area contributed by atoms with Crippen molar-refractivity contribution in [3.05, 3.63) is 0 Å². The van der Waals surface area contributed by atoms with E-state index < -0.39 is 29.6 Å². The molecule has 1 fully saturated rings. The molecule has 2 atom stereocenters. The minimum Gasteiger partial charge on any atom is -0.449 e. The van der Waals surface area contributed by atoms with Crippen molar-refractivity contribution in [3.63, 3.8) is 0 Å². The van der Waals surface area contributed by atoms with Gasteiger partial charge in [0.25, 0.3) is 6.47 Å². The molecule has 0 radical (unpaired) electrons. The molecule has 1 unspecified atom stereocenters. The number of nitrogens with zero attached hydrogens (tertiary/aromatic N) is 1. The van der Waals surface area contributed by atoms with E-state index in [-0.39, 0.29) is 6.61 Å². The third kappa shape index (κ3) is 6.87. The van der Waals surface area contributed by atoms with E-state index in [0.717, 1.165) is 19.3 Å². The van der Waals surface area contributed by atoms with Gasteiger partial charge in [-0.25, -0.2) is 4.79 Å². The van der Waals surface area contributed by atoms with Crippen LogP contribution in [0.4, 0.5) is 4.79 Å². The summed E-state index contributed by atoms with van der Waals surface area (Å²) in [5, 5.41) is 0. The average molecular weight is 367 g/mol. The van der Waals surface area contributed by atoms with Crippen molar-refractivity contribution in [3.8, 4) is 11.8 Å². The fourth-order valence-corrected chi connectivity index (χ4v) is 2.82. The highest BCUT2D eigenvalue weighted by Gasteiger charge is 2.49. The van der Waals surface area contributed by atoms with Crippen molar-refractivity contribution >= 4 is 12.6 Å². The number of unbranched alkanes of at least 4 members (excludes halogenated alkanes) is 4. The van der Waals surface area contributed by atoms with Crippen LogP contribution in [0.5, 0.6) is 0 Å². The Morgan fingerprint density at radius 2 is 2.04 bits per heavy atom. The molecule has 0 aromatic carbocycles. The van der Waals surface area contributed by atoms with Crippen LogP contribution in [0, 0.1) is 11.8 Å². The lowest BCUT2D eigenvalue weighted by Gasteiger charge is -2.36. The molecule has 1 saturated heterocycles. The highest BCUT2D eigenvalue weighted by molar-refractivity contribution is 5.70. The van der Waals surface area contributed by atoms with Gasteiger partial charge in [-0.3, -0.25) is 9.69 Å². The smallest absolute Gasteiger partial charge is 0.413 e. The van der Waals surface area contributed by atoms with Gasteiger partial charge in [0, 0.05) is 6.42 Å². The Kier molecular flexibility index (Phi) is 8.42. The molecule has 6 heteroatoms. The van der Waals surface area contributed by atoms with Crippen LogP contribution < -0.4 is 0 Å². The minimum absolute atomic E-state index is 0.231.